The molecule has 158 valence electrons. The smallest absolute Gasteiger partial charge is 0.272 e. The molecule has 0 rings (SSSR count). The van der Waals surface area contributed by atoms with E-state index in [1.165, 1.54) is 11.1 Å². The standard InChI is InChI=1S/C18H34O7P2/c1-6-17(5)18(12-8-11-16(4)10-7-9-15(2)3)13-14-24-27(22,23)25-26(19,20)21/h9,11,13,17H,6-8,10,12,14H2,1-5H3,(H,22,23)(H2,19,20,21)/p-3/b16-11+,18-13-. The second-order valence-corrected chi connectivity index (χ2v) is 9.47. The lowest BCUT2D eigenvalue weighted by Crippen LogP contribution is -2.19. The molecule has 0 saturated carbocycles. The van der Waals surface area contributed by atoms with Crippen LogP contribution < -0.4 is 14.7 Å². The molecular formula is C18H31O7P2-3. The Bertz CT molecular complexity index is 628. The molecule has 0 aromatic heterocycles. The van der Waals surface area contributed by atoms with Crippen LogP contribution in [0.2, 0.25) is 0 Å². The van der Waals surface area contributed by atoms with Crippen LogP contribution in [0.15, 0.2) is 34.9 Å². The highest BCUT2D eigenvalue weighted by Crippen LogP contribution is 2.50. The number of phosphoric ester groups is 1. The zero-order chi connectivity index (χ0) is 21.1. The van der Waals surface area contributed by atoms with Gasteiger partial charge in [-0.3, -0.25) is 8.88 Å². The highest BCUT2D eigenvalue weighted by molar-refractivity contribution is 7.58. The third-order valence-corrected chi connectivity index (χ3v) is 6.11. The van der Waals surface area contributed by atoms with E-state index >= 15 is 0 Å². The summed E-state index contributed by atoms with van der Waals surface area (Å²) in [6.45, 7) is 9.90. The van der Waals surface area contributed by atoms with E-state index in [1.807, 2.05) is 13.8 Å². The normalized spacial score (nSPS) is 16.7. The topological polar surface area (TPSA) is 122 Å². The van der Waals surface area contributed by atoms with Crippen molar-refractivity contribution in [3.8, 4) is 0 Å². The van der Waals surface area contributed by atoms with Crippen LogP contribution in [0.4, 0.5) is 0 Å². The summed E-state index contributed by atoms with van der Waals surface area (Å²) >= 11 is 0. The van der Waals surface area contributed by atoms with Gasteiger partial charge in [0.2, 0.25) is 0 Å². The lowest BCUT2D eigenvalue weighted by molar-refractivity contribution is -0.339. The maximum absolute atomic E-state index is 11.3. The first-order chi connectivity index (χ1) is 12.4. The Labute approximate surface area is 163 Å². The van der Waals surface area contributed by atoms with E-state index in [0.717, 1.165) is 37.7 Å². The average Bonchev–Trinajstić information content (AvgIpc) is 2.49. The van der Waals surface area contributed by atoms with Crippen molar-refractivity contribution in [3.05, 3.63) is 34.9 Å². The molecule has 0 radical (unpaired) electrons. The summed E-state index contributed by atoms with van der Waals surface area (Å²) in [5, 5.41) is 0. The van der Waals surface area contributed by atoms with Crippen molar-refractivity contribution in [2.75, 3.05) is 6.61 Å². The largest absolute Gasteiger partial charge is 0.790 e. The summed E-state index contributed by atoms with van der Waals surface area (Å²) in [7, 11) is -10.8. The van der Waals surface area contributed by atoms with Gasteiger partial charge in [-0.05, 0) is 58.8 Å². The Balaban J connectivity index is 4.71. The van der Waals surface area contributed by atoms with Crippen LogP contribution in [0, 0.1) is 5.92 Å². The molecule has 0 fully saturated rings. The van der Waals surface area contributed by atoms with E-state index in [1.54, 1.807) is 6.08 Å². The van der Waals surface area contributed by atoms with Gasteiger partial charge in [0.25, 0.3) is 7.82 Å². The maximum atomic E-state index is 11.3. The fraction of sp³-hybridized carbons (Fsp3) is 0.667. The molecule has 0 amide bonds. The van der Waals surface area contributed by atoms with Gasteiger partial charge in [0.1, 0.15) is 0 Å². The molecule has 2 atom stereocenters. The first-order valence-corrected chi connectivity index (χ1v) is 11.9. The van der Waals surface area contributed by atoms with Gasteiger partial charge in [-0.1, -0.05) is 48.8 Å². The molecule has 0 spiro atoms. The Morgan fingerprint density at radius 3 is 2.11 bits per heavy atom. The van der Waals surface area contributed by atoms with E-state index < -0.39 is 15.6 Å². The SMILES string of the molecule is CCC(C)/C(=C\COP(=O)([O-])OP(=O)([O-])[O-])CC/C=C(\C)CCC=C(C)C. The third kappa shape index (κ3) is 15.1. The second-order valence-electron chi connectivity index (χ2n) is 6.77. The van der Waals surface area contributed by atoms with Gasteiger partial charge in [0.05, 0.1) is 14.4 Å². The van der Waals surface area contributed by atoms with Gasteiger partial charge in [-0.25, -0.2) is 0 Å². The van der Waals surface area contributed by atoms with E-state index in [2.05, 4.69) is 41.8 Å². The predicted octanol–water partition coefficient (Wildman–Crippen LogP) is 3.76. The molecular weight excluding hydrogens is 390 g/mol. The number of hydrogen-bond acceptors (Lipinski definition) is 7. The molecule has 2 unspecified atom stereocenters. The van der Waals surface area contributed by atoms with Crippen LogP contribution >= 0.6 is 15.6 Å². The lowest BCUT2D eigenvalue weighted by Gasteiger charge is -2.34. The van der Waals surface area contributed by atoms with Crippen LogP contribution in [-0.2, 0) is 18.0 Å². The quantitative estimate of drug-likeness (QED) is 0.328. The summed E-state index contributed by atoms with van der Waals surface area (Å²) < 4.78 is 29.6. The van der Waals surface area contributed by atoms with E-state index in [-0.39, 0.29) is 12.5 Å². The van der Waals surface area contributed by atoms with E-state index in [4.69, 9.17) is 0 Å². The summed E-state index contributed by atoms with van der Waals surface area (Å²) in [5.74, 6) is 0.227. The van der Waals surface area contributed by atoms with Crippen LogP contribution in [0.5, 0.6) is 0 Å². The van der Waals surface area contributed by atoms with Crippen molar-refractivity contribution < 1.29 is 32.6 Å². The summed E-state index contributed by atoms with van der Waals surface area (Å²) in [6.07, 6.45) is 10.4. The van der Waals surface area contributed by atoms with Crippen molar-refractivity contribution in [1.29, 1.82) is 0 Å². The molecule has 0 N–H and O–H groups in total. The molecule has 7 nitrogen and oxygen atoms in total. The fourth-order valence-corrected chi connectivity index (χ4v) is 3.79. The average molecular weight is 421 g/mol. The van der Waals surface area contributed by atoms with Gasteiger partial charge < -0.3 is 23.8 Å². The first kappa shape index (κ1) is 26.5. The minimum atomic E-state index is -5.65. The molecule has 0 aliphatic heterocycles. The lowest BCUT2D eigenvalue weighted by atomic mass is 9.93. The molecule has 0 aliphatic rings. The van der Waals surface area contributed by atoms with Crippen LogP contribution in [0.3, 0.4) is 0 Å². The summed E-state index contributed by atoms with van der Waals surface area (Å²) in [4.78, 5) is 32.1. The number of hydrogen-bond donors (Lipinski definition) is 0. The second kappa shape index (κ2) is 12.8. The molecule has 27 heavy (non-hydrogen) atoms. The zero-order valence-corrected chi connectivity index (χ0v) is 18.6. The predicted molar refractivity (Wildman–Crippen MR) is 101 cm³/mol. The van der Waals surface area contributed by atoms with Gasteiger partial charge in [0, 0.05) is 0 Å². The van der Waals surface area contributed by atoms with Gasteiger partial charge in [0.15, 0.2) is 0 Å². The monoisotopic (exact) mass is 421 g/mol. The number of phosphoric acid groups is 2. The minimum absolute atomic E-state index is 0.227. The molecule has 0 aliphatic carbocycles. The van der Waals surface area contributed by atoms with Crippen molar-refractivity contribution >= 4 is 15.6 Å². The molecule has 0 saturated heterocycles. The Morgan fingerprint density at radius 1 is 1.00 bits per heavy atom. The van der Waals surface area contributed by atoms with Crippen LogP contribution in [0.25, 0.3) is 0 Å². The Hall–Kier alpha value is -0.520. The van der Waals surface area contributed by atoms with Crippen molar-refractivity contribution in [1.82, 2.24) is 0 Å². The van der Waals surface area contributed by atoms with E-state index in [0.29, 0.717) is 0 Å². The third-order valence-electron chi connectivity index (χ3n) is 4.04. The fourth-order valence-electron chi connectivity index (χ4n) is 2.37. The zero-order valence-electron chi connectivity index (χ0n) is 16.8. The minimum Gasteiger partial charge on any atom is -0.790 e. The summed E-state index contributed by atoms with van der Waals surface area (Å²) in [6, 6.07) is 0. The number of allylic oxidation sites excluding steroid dienone is 5. The molecule has 0 aromatic rings. The highest BCUT2D eigenvalue weighted by Gasteiger charge is 2.12. The van der Waals surface area contributed by atoms with Crippen molar-refractivity contribution in [3.63, 3.8) is 0 Å². The van der Waals surface area contributed by atoms with E-state index in [9.17, 15) is 23.8 Å². The first-order valence-electron chi connectivity index (χ1n) is 9.03. The van der Waals surface area contributed by atoms with Crippen LogP contribution in [-0.4, -0.2) is 6.61 Å². The Kier molecular flexibility index (Phi) is 12.6. The molecule has 0 heterocycles. The van der Waals surface area contributed by atoms with Gasteiger partial charge >= 0.3 is 0 Å². The highest BCUT2D eigenvalue weighted by atomic mass is 31.3. The number of rotatable bonds is 13. The van der Waals surface area contributed by atoms with Crippen molar-refractivity contribution in [2.45, 2.75) is 66.7 Å². The van der Waals surface area contributed by atoms with Crippen molar-refractivity contribution in [2.24, 2.45) is 5.92 Å². The maximum Gasteiger partial charge on any atom is 0.272 e. The molecule has 0 aromatic carbocycles. The molecule has 9 heteroatoms. The Morgan fingerprint density at radius 2 is 1.59 bits per heavy atom. The molecule has 0 bridgehead atoms. The van der Waals surface area contributed by atoms with Crippen LogP contribution in [0.1, 0.15) is 66.7 Å². The summed E-state index contributed by atoms with van der Waals surface area (Å²) in [5.41, 5.74) is 3.61. The van der Waals surface area contributed by atoms with Gasteiger partial charge in [-0.2, -0.15) is 0 Å². The van der Waals surface area contributed by atoms with Gasteiger partial charge in [-0.15, -0.1) is 0 Å².